The van der Waals surface area contributed by atoms with Crippen LogP contribution in [0.2, 0.25) is 0 Å². The number of halogens is 1. The Labute approximate surface area is 123 Å². The zero-order valence-electron chi connectivity index (χ0n) is 11.1. The largest absolute Gasteiger partial charge is 0.481 e. The zero-order valence-corrected chi connectivity index (χ0v) is 11.9. The van der Waals surface area contributed by atoms with Gasteiger partial charge in [-0.2, -0.15) is 0 Å². The van der Waals surface area contributed by atoms with Crippen LogP contribution in [-0.2, 0) is 20.9 Å². The number of ether oxygens (including phenoxy) is 1. The van der Waals surface area contributed by atoms with Crippen molar-refractivity contribution in [1.82, 2.24) is 5.32 Å². The SMILES string of the molecule is C[C@@H]1OC(=O)C[C@H](NCc2ccccc2)[C@H]1C(=O)O.Cl. The lowest BCUT2D eigenvalue weighted by Gasteiger charge is -2.33. The minimum Gasteiger partial charge on any atom is -0.481 e. The van der Waals surface area contributed by atoms with Crippen LogP contribution in [0.4, 0.5) is 0 Å². The number of benzene rings is 1. The van der Waals surface area contributed by atoms with E-state index < -0.39 is 24.0 Å². The van der Waals surface area contributed by atoms with E-state index in [4.69, 9.17) is 4.74 Å². The van der Waals surface area contributed by atoms with Gasteiger partial charge in [0, 0.05) is 12.6 Å². The minimum atomic E-state index is -0.939. The normalized spacial score (nSPS) is 25.4. The quantitative estimate of drug-likeness (QED) is 0.826. The number of esters is 1. The van der Waals surface area contributed by atoms with E-state index in [1.165, 1.54) is 0 Å². The first-order valence-corrected chi connectivity index (χ1v) is 6.27. The molecule has 2 rings (SSSR count). The summed E-state index contributed by atoms with van der Waals surface area (Å²) in [6, 6.07) is 9.27. The van der Waals surface area contributed by atoms with E-state index in [1.54, 1.807) is 6.92 Å². The van der Waals surface area contributed by atoms with E-state index in [9.17, 15) is 14.7 Å². The summed E-state index contributed by atoms with van der Waals surface area (Å²) in [4.78, 5) is 22.7. The molecule has 1 fully saturated rings. The standard InChI is InChI=1S/C14H17NO4.ClH/c1-9-13(14(17)18)11(7-12(16)19-9)15-8-10-5-3-2-4-6-10;/h2-6,9,11,13,15H,7-8H2,1H3,(H,17,18);1H/t9-,11-,13-;/m0./s1. The van der Waals surface area contributed by atoms with Crippen molar-refractivity contribution in [2.45, 2.75) is 32.0 Å². The van der Waals surface area contributed by atoms with Crippen LogP contribution in [0.15, 0.2) is 30.3 Å². The van der Waals surface area contributed by atoms with Gasteiger partial charge in [-0.3, -0.25) is 9.59 Å². The summed E-state index contributed by atoms with van der Waals surface area (Å²) in [7, 11) is 0. The summed E-state index contributed by atoms with van der Waals surface area (Å²) in [5, 5.41) is 12.4. The third kappa shape index (κ3) is 3.95. The van der Waals surface area contributed by atoms with Gasteiger partial charge < -0.3 is 15.2 Å². The lowest BCUT2D eigenvalue weighted by atomic mass is 9.89. The molecule has 0 spiro atoms. The second kappa shape index (κ2) is 7.26. The molecule has 110 valence electrons. The Balaban J connectivity index is 0.00000200. The highest BCUT2D eigenvalue weighted by Gasteiger charge is 2.40. The Morgan fingerprint density at radius 3 is 2.65 bits per heavy atom. The zero-order chi connectivity index (χ0) is 13.8. The van der Waals surface area contributed by atoms with Crippen LogP contribution in [-0.4, -0.2) is 29.2 Å². The molecule has 1 heterocycles. The lowest BCUT2D eigenvalue weighted by molar-refractivity contribution is -0.167. The molecule has 1 aromatic carbocycles. The summed E-state index contributed by atoms with van der Waals surface area (Å²) >= 11 is 0. The fraction of sp³-hybridized carbons (Fsp3) is 0.429. The lowest BCUT2D eigenvalue weighted by Crippen LogP contribution is -2.51. The highest BCUT2D eigenvalue weighted by molar-refractivity contribution is 5.85. The smallest absolute Gasteiger partial charge is 0.311 e. The van der Waals surface area contributed by atoms with Gasteiger partial charge in [-0.15, -0.1) is 12.4 Å². The number of cyclic esters (lactones) is 1. The molecule has 6 heteroatoms. The van der Waals surface area contributed by atoms with Gasteiger partial charge >= 0.3 is 11.9 Å². The third-order valence-electron chi connectivity index (χ3n) is 3.34. The minimum absolute atomic E-state index is 0. The maximum absolute atomic E-state index is 11.4. The molecule has 0 unspecified atom stereocenters. The van der Waals surface area contributed by atoms with E-state index >= 15 is 0 Å². The molecule has 20 heavy (non-hydrogen) atoms. The van der Waals surface area contributed by atoms with Crippen LogP contribution >= 0.6 is 12.4 Å². The summed E-state index contributed by atoms with van der Waals surface area (Å²) in [6.07, 6.45) is -0.513. The number of aliphatic carboxylic acids is 1. The predicted octanol–water partition coefficient (Wildman–Crippen LogP) is 1.60. The van der Waals surface area contributed by atoms with E-state index in [2.05, 4.69) is 5.32 Å². The van der Waals surface area contributed by atoms with Crippen LogP contribution < -0.4 is 5.32 Å². The van der Waals surface area contributed by atoms with Crippen LogP contribution in [0, 0.1) is 5.92 Å². The monoisotopic (exact) mass is 299 g/mol. The van der Waals surface area contributed by atoms with Crippen molar-refractivity contribution in [2.75, 3.05) is 0 Å². The molecule has 2 N–H and O–H groups in total. The van der Waals surface area contributed by atoms with Gasteiger partial charge in [0.05, 0.1) is 6.42 Å². The van der Waals surface area contributed by atoms with Crippen molar-refractivity contribution in [3.8, 4) is 0 Å². The molecule has 0 radical (unpaired) electrons. The topological polar surface area (TPSA) is 75.6 Å². The molecule has 1 saturated heterocycles. The molecular formula is C14H18ClNO4. The molecule has 0 aliphatic carbocycles. The van der Waals surface area contributed by atoms with Gasteiger partial charge in [-0.25, -0.2) is 0 Å². The molecule has 1 aliphatic heterocycles. The van der Waals surface area contributed by atoms with E-state index in [1.807, 2.05) is 30.3 Å². The Morgan fingerprint density at radius 2 is 2.05 bits per heavy atom. The number of nitrogens with one attached hydrogen (secondary N) is 1. The van der Waals surface area contributed by atoms with Crippen LogP contribution in [0.25, 0.3) is 0 Å². The number of carbonyl (C=O) groups excluding carboxylic acids is 1. The van der Waals surface area contributed by atoms with Crippen LogP contribution in [0.3, 0.4) is 0 Å². The van der Waals surface area contributed by atoms with Crippen molar-refractivity contribution < 1.29 is 19.4 Å². The molecule has 0 saturated carbocycles. The molecule has 0 amide bonds. The average molecular weight is 300 g/mol. The van der Waals surface area contributed by atoms with Gasteiger partial charge in [0.2, 0.25) is 0 Å². The maximum atomic E-state index is 11.4. The predicted molar refractivity (Wildman–Crippen MR) is 75.6 cm³/mol. The number of rotatable bonds is 4. The van der Waals surface area contributed by atoms with Crippen molar-refractivity contribution in [3.05, 3.63) is 35.9 Å². The Hall–Kier alpha value is -1.59. The van der Waals surface area contributed by atoms with Gasteiger partial charge in [0.15, 0.2) is 0 Å². The number of carboxylic acid groups (broad SMARTS) is 1. The third-order valence-corrected chi connectivity index (χ3v) is 3.34. The van der Waals surface area contributed by atoms with E-state index in [0.717, 1.165) is 5.56 Å². The number of carboxylic acids is 1. The van der Waals surface area contributed by atoms with Crippen LogP contribution in [0.1, 0.15) is 18.9 Å². The first-order valence-electron chi connectivity index (χ1n) is 6.27. The number of carbonyl (C=O) groups is 2. The van der Waals surface area contributed by atoms with Gasteiger partial charge in [-0.05, 0) is 12.5 Å². The van der Waals surface area contributed by atoms with E-state index in [-0.39, 0.29) is 24.8 Å². The van der Waals surface area contributed by atoms with Crippen molar-refractivity contribution in [3.63, 3.8) is 0 Å². The molecule has 0 bridgehead atoms. The molecule has 1 aliphatic rings. The fourth-order valence-electron chi connectivity index (χ4n) is 2.38. The number of hydrogen-bond donors (Lipinski definition) is 2. The number of hydrogen-bond acceptors (Lipinski definition) is 4. The van der Waals surface area contributed by atoms with Gasteiger partial charge in [-0.1, -0.05) is 30.3 Å². The Morgan fingerprint density at radius 1 is 1.40 bits per heavy atom. The summed E-state index contributed by atoms with van der Waals surface area (Å²) in [6.45, 7) is 2.16. The highest BCUT2D eigenvalue weighted by Crippen LogP contribution is 2.23. The Bertz CT molecular complexity index is 466. The molecular weight excluding hydrogens is 282 g/mol. The van der Waals surface area contributed by atoms with Crippen LogP contribution in [0.5, 0.6) is 0 Å². The maximum Gasteiger partial charge on any atom is 0.311 e. The first-order chi connectivity index (χ1) is 9.08. The molecule has 1 aromatic rings. The highest BCUT2D eigenvalue weighted by atomic mass is 35.5. The van der Waals surface area contributed by atoms with Gasteiger partial charge in [0.1, 0.15) is 12.0 Å². The molecule has 3 atom stereocenters. The van der Waals surface area contributed by atoms with Crippen molar-refractivity contribution in [1.29, 1.82) is 0 Å². The fourth-order valence-corrected chi connectivity index (χ4v) is 2.38. The summed E-state index contributed by atoms with van der Waals surface area (Å²) < 4.78 is 4.98. The molecule has 5 nitrogen and oxygen atoms in total. The summed E-state index contributed by atoms with van der Waals surface area (Å²) in [5.41, 5.74) is 1.05. The second-order valence-corrected chi connectivity index (χ2v) is 4.74. The van der Waals surface area contributed by atoms with Crippen molar-refractivity contribution in [2.24, 2.45) is 5.92 Å². The Kier molecular flexibility index (Phi) is 5.98. The average Bonchev–Trinajstić information content (AvgIpc) is 2.36. The second-order valence-electron chi connectivity index (χ2n) is 4.74. The first kappa shape index (κ1) is 16.5. The molecule has 0 aromatic heterocycles. The summed E-state index contributed by atoms with van der Waals surface area (Å²) in [5.74, 6) is -2.00. The van der Waals surface area contributed by atoms with Gasteiger partial charge in [0.25, 0.3) is 0 Å². The van der Waals surface area contributed by atoms with E-state index in [0.29, 0.717) is 6.54 Å². The van der Waals surface area contributed by atoms with Crippen molar-refractivity contribution >= 4 is 24.3 Å².